The van der Waals surface area contributed by atoms with Gasteiger partial charge in [0.1, 0.15) is 6.33 Å². The molecule has 2 atom stereocenters. The lowest BCUT2D eigenvalue weighted by Crippen LogP contribution is -2.38. The summed E-state index contributed by atoms with van der Waals surface area (Å²) in [5.74, 6) is 0.861. The van der Waals surface area contributed by atoms with Gasteiger partial charge in [0.05, 0.1) is 18.1 Å². The van der Waals surface area contributed by atoms with Crippen molar-refractivity contribution in [2.75, 3.05) is 24.6 Å². The standard InChI is InChI=1S/C9H12N4/c1-2-12-5-8(1)6-13(12)9-3-10-7-11-4-9/h3-4,7-8H,1-2,5-6H2. The van der Waals surface area contributed by atoms with E-state index in [1.807, 2.05) is 12.4 Å². The minimum absolute atomic E-state index is 0.861. The van der Waals surface area contributed by atoms with Gasteiger partial charge in [0, 0.05) is 19.6 Å². The first-order chi connectivity index (χ1) is 6.43. The Morgan fingerprint density at radius 3 is 2.69 bits per heavy atom. The van der Waals surface area contributed by atoms with Crippen molar-refractivity contribution in [3.05, 3.63) is 18.7 Å². The highest BCUT2D eigenvalue weighted by Crippen LogP contribution is 2.30. The smallest absolute Gasteiger partial charge is 0.115 e. The molecule has 1 aromatic heterocycles. The maximum absolute atomic E-state index is 4.03. The summed E-state index contributed by atoms with van der Waals surface area (Å²) in [4.78, 5) is 8.07. The van der Waals surface area contributed by atoms with Gasteiger partial charge in [0.25, 0.3) is 0 Å². The van der Waals surface area contributed by atoms with E-state index in [2.05, 4.69) is 20.0 Å². The second-order valence-corrected chi connectivity index (χ2v) is 3.75. The van der Waals surface area contributed by atoms with Crippen LogP contribution in [-0.2, 0) is 0 Å². The second kappa shape index (κ2) is 2.67. The third-order valence-electron chi connectivity index (χ3n) is 2.88. The average Bonchev–Trinajstić information content (AvgIpc) is 2.80. The van der Waals surface area contributed by atoms with Gasteiger partial charge >= 0.3 is 0 Å². The largest absolute Gasteiger partial charge is 0.302 e. The predicted octanol–water partition coefficient (Wildman–Crippen LogP) is 0.534. The zero-order valence-corrected chi connectivity index (χ0v) is 7.43. The lowest BCUT2D eigenvalue weighted by atomic mass is 10.1. The molecule has 0 aromatic carbocycles. The fourth-order valence-corrected chi connectivity index (χ4v) is 2.23. The van der Waals surface area contributed by atoms with Gasteiger partial charge in [-0.3, -0.25) is 0 Å². The van der Waals surface area contributed by atoms with Crippen LogP contribution >= 0.6 is 0 Å². The molecule has 0 radical (unpaired) electrons. The molecular weight excluding hydrogens is 164 g/mol. The van der Waals surface area contributed by atoms with Gasteiger partial charge in [0.15, 0.2) is 0 Å². The molecule has 3 heterocycles. The molecule has 4 heteroatoms. The number of nitrogens with zero attached hydrogens (tertiary/aromatic N) is 4. The molecular formula is C9H12N4. The van der Waals surface area contributed by atoms with Crippen molar-refractivity contribution in [1.29, 1.82) is 0 Å². The van der Waals surface area contributed by atoms with Gasteiger partial charge in [-0.25, -0.2) is 15.0 Å². The molecule has 3 rings (SSSR count). The lowest BCUT2D eigenvalue weighted by molar-refractivity contribution is 0.339. The van der Waals surface area contributed by atoms with E-state index in [0.29, 0.717) is 0 Å². The Morgan fingerprint density at radius 1 is 1.23 bits per heavy atom. The van der Waals surface area contributed by atoms with E-state index in [1.165, 1.54) is 19.5 Å². The van der Waals surface area contributed by atoms with Gasteiger partial charge < -0.3 is 5.01 Å². The Labute approximate surface area is 77.2 Å². The fourth-order valence-electron chi connectivity index (χ4n) is 2.23. The summed E-state index contributed by atoms with van der Waals surface area (Å²) in [5.41, 5.74) is 1.13. The number of hydrazine groups is 1. The summed E-state index contributed by atoms with van der Waals surface area (Å²) >= 11 is 0. The molecule has 2 fully saturated rings. The molecule has 0 saturated carbocycles. The molecule has 0 N–H and O–H groups in total. The third-order valence-corrected chi connectivity index (χ3v) is 2.88. The normalized spacial score (nSPS) is 31.2. The monoisotopic (exact) mass is 176 g/mol. The maximum atomic E-state index is 4.03. The molecule has 2 aliphatic heterocycles. The van der Waals surface area contributed by atoms with Crippen LogP contribution in [0, 0.1) is 5.92 Å². The van der Waals surface area contributed by atoms with E-state index in [-0.39, 0.29) is 0 Å². The van der Waals surface area contributed by atoms with Crippen LogP contribution in [0.2, 0.25) is 0 Å². The van der Waals surface area contributed by atoms with Crippen molar-refractivity contribution >= 4 is 5.69 Å². The molecule has 13 heavy (non-hydrogen) atoms. The van der Waals surface area contributed by atoms with Crippen molar-refractivity contribution < 1.29 is 0 Å². The van der Waals surface area contributed by atoms with E-state index in [4.69, 9.17) is 0 Å². The van der Waals surface area contributed by atoms with Crippen LogP contribution in [0.4, 0.5) is 5.69 Å². The molecule has 68 valence electrons. The van der Waals surface area contributed by atoms with Crippen LogP contribution in [0.25, 0.3) is 0 Å². The lowest BCUT2D eigenvalue weighted by Gasteiger charge is -2.30. The van der Waals surface area contributed by atoms with Crippen LogP contribution < -0.4 is 5.01 Å². The van der Waals surface area contributed by atoms with Crippen molar-refractivity contribution in [2.24, 2.45) is 5.92 Å². The van der Waals surface area contributed by atoms with Gasteiger partial charge in [-0.15, -0.1) is 0 Å². The minimum atomic E-state index is 0.861. The summed E-state index contributed by atoms with van der Waals surface area (Å²) in [7, 11) is 0. The summed E-state index contributed by atoms with van der Waals surface area (Å²) in [6.07, 6.45) is 6.69. The number of fused-ring (bicyclic) bond motifs is 2. The zero-order valence-electron chi connectivity index (χ0n) is 7.43. The molecule has 2 bridgehead atoms. The van der Waals surface area contributed by atoms with Crippen molar-refractivity contribution in [3.8, 4) is 0 Å². The highest BCUT2D eigenvalue weighted by Gasteiger charge is 2.36. The Morgan fingerprint density at radius 2 is 2.08 bits per heavy atom. The molecule has 0 amide bonds. The third kappa shape index (κ3) is 1.09. The molecule has 2 saturated heterocycles. The molecule has 2 unspecified atom stereocenters. The van der Waals surface area contributed by atoms with Gasteiger partial charge in [0.2, 0.25) is 0 Å². The van der Waals surface area contributed by atoms with Crippen LogP contribution in [0.5, 0.6) is 0 Å². The Kier molecular flexibility index (Phi) is 1.49. The van der Waals surface area contributed by atoms with Crippen LogP contribution in [-0.4, -0.2) is 34.6 Å². The SMILES string of the molecule is c1ncc(N2CC3CCN2C3)cn1. The van der Waals surface area contributed by atoms with E-state index < -0.39 is 0 Å². The summed E-state index contributed by atoms with van der Waals surface area (Å²) in [6, 6.07) is 0. The van der Waals surface area contributed by atoms with Crippen LogP contribution in [0.1, 0.15) is 6.42 Å². The molecule has 0 aliphatic carbocycles. The maximum Gasteiger partial charge on any atom is 0.115 e. The fraction of sp³-hybridized carbons (Fsp3) is 0.556. The minimum Gasteiger partial charge on any atom is -0.302 e. The highest BCUT2D eigenvalue weighted by atomic mass is 15.7. The van der Waals surface area contributed by atoms with Crippen LogP contribution in [0.3, 0.4) is 0 Å². The number of hydrogen-bond donors (Lipinski definition) is 0. The number of anilines is 1. The molecule has 2 aliphatic rings. The first-order valence-corrected chi connectivity index (χ1v) is 4.71. The van der Waals surface area contributed by atoms with Crippen LogP contribution in [0.15, 0.2) is 18.7 Å². The number of hydrogen-bond acceptors (Lipinski definition) is 4. The predicted molar refractivity (Wildman–Crippen MR) is 49.1 cm³/mol. The van der Waals surface area contributed by atoms with Crippen molar-refractivity contribution in [2.45, 2.75) is 6.42 Å². The molecule has 4 nitrogen and oxygen atoms in total. The Bertz CT molecular complexity index is 300. The zero-order chi connectivity index (χ0) is 8.67. The topological polar surface area (TPSA) is 32.3 Å². The molecule has 1 aromatic rings. The van der Waals surface area contributed by atoms with Gasteiger partial charge in [-0.2, -0.15) is 0 Å². The first-order valence-electron chi connectivity index (χ1n) is 4.71. The van der Waals surface area contributed by atoms with Gasteiger partial charge in [-0.1, -0.05) is 0 Å². The van der Waals surface area contributed by atoms with E-state index in [0.717, 1.165) is 18.2 Å². The number of rotatable bonds is 1. The highest BCUT2D eigenvalue weighted by molar-refractivity contribution is 5.41. The van der Waals surface area contributed by atoms with Crippen molar-refractivity contribution in [3.63, 3.8) is 0 Å². The molecule has 0 spiro atoms. The Hall–Kier alpha value is -1.16. The Balaban J connectivity index is 1.87. The van der Waals surface area contributed by atoms with E-state index in [1.54, 1.807) is 6.33 Å². The summed E-state index contributed by atoms with van der Waals surface area (Å²) in [5, 5.41) is 4.69. The van der Waals surface area contributed by atoms with Gasteiger partial charge in [-0.05, 0) is 12.3 Å². The number of aromatic nitrogens is 2. The van der Waals surface area contributed by atoms with E-state index in [9.17, 15) is 0 Å². The summed E-state index contributed by atoms with van der Waals surface area (Å²) < 4.78 is 0. The average molecular weight is 176 g/mol. The second-order valence-electron chi connectivity index (χ2n) is 3.75. The first kappa shape index (κ1) is 7.26. The van der Waals surface area contributed by atoms with Crippen molar-refractivity contribution in [1.82, 2.24) is 15.0 Å². The van der Waals surface area contributed by atoms with E-state index >= 15 is 0 Å². The quantitative estimate of drug-likeness (QED) is 0.625. The summed E-state index contributed by atoms with van der Waals surface area (Å²) in [6.45, 7) is 3.56.